The number of alkyl halides is 4. The largest absolute Gasteiger partial charge is 0.478 e. The molecule has 8 heterocycles. The Labute approximate surface area is 452 Å². The maximum atomic E-state index is 13.4. The number of carboxylic acids is 1. The number of carboxylic acid groups (broad SMARTS) is 1. The fourth-order valence-corrected chi connectivity index (χ4v) is 8.77. The maximum Gasteiger partial charge on any atom is 0.337 e. The van der Waals surface area contributed by atoms with Gasteiger partial charge in [-0.3, -0.25) is 24.4 Å². The van der Waals surface area contributed by atoms with Crippen LogP contribution in [0.15, 0.2) is 131 Å². The van der Waals surface area contributed by atoms with Crippen LogP contribution >= 0.6 is 0 Å². The van der Waals surface area contributed by atoms with Crippen LogP contribution in [0.2, 0.25) is 0 Å². The van der Waals surface area contributed by atoms with E-state index < -0.39 is 17.8 Å². The molecule has 0 radical (unpaired) electrons. The quantitative estimate of drug-likeness (QED) is 0.0586. The summed E-state index contributed by atoms with van der Waals surface area (Å²) in [5.41, 5.74) is 19.7. The van der Waals surface area contributed by atoms with E-state index in [0.717, 1.165) is 61.1 Å². The average Bonchev–Trinajstić information content (AvgIpc) is 4.18. The number of ketones is 2. The minimum absolute atomic E-state index is 0.00694. The van der Waals surface area contributed by atoms with E-state index in [1.54, 1.807) is 67.0 Å². The van der Waals surface area contributed by atoms with Crippen LogP contribution in [0.1, 0.15) is 93.0 Å². The summed E-state index contributed by atoms with van der Waals surface area (Å²) in [6.07, 6.45) is 13.5. The molecule has 2 aliphatic rings. The smallest absolute Gasteiger partial charge is 0.337 e. The van der Waals surface area contributed by atoms with Crippen LogP contribution in [0.5, 0.6) is 0 Å². The number of aromatic nitrogens is 4. The van der Waals surface area contributed by atoms with Crippen molar-refractivity contribution < 1.29 is 50.7 Å². The van der Waals surface area contributed by atoms with Gasteiger partial charge in [0.1, 0.15) is 34.3 Å². The number of hydrogen-bond acceptors (Lipinski definition) is 13. The normalized spacial score (nSPS) is 14.9. The zero-order valence-electron chi connectivity index (χ0n) is 43.5. The van der Waals surface area contributed by atoms with Crippen LogP contribution < -0.4 is 16.8 Å². The highest BCUT2D eigenvalue weighted by Gasteiger charge is 2.36. The van der Waals surface area contributed by atoms with E-state index in [1.807, 2.05) is 50.2 Å². The molecular formula is C60H58F4N8O7. The summed E-state index contributed by atoms with van der Waals surface area (Å²) in [4.78, 5) is 66.5. The van der Waals surface area contributed by atoms with Gasteiger partial charge in [-0.25, -0.2) is 32.3 Å². The topological polar surface area (TPSA) is 234 Å². The van der Waals surface area contributed by atoms with Crippen LogP contribution in [0.3, 0.4) is 0 Å². The first-order chi connectivity index (χ1) is 37.8. The highest BCUT2D eigenvalue weighted by Crippen LogP contribution is 2.33. The number of likely N-dealkylation sites (tertiary alicyclic amines) is 1. The summed E-state index contributed by atoms with van der Waals surface area (Å²) in [6.45, 7) is 4.89. The molecule has 2 saturated heterocycles. The van der Waals surface area contributed by atoms with Gasteiger partial charge in [0.15, 0.2) is 11.6 Å². The van der Waals surface area contributed by atoms with Gasteiger partial charge in [0.05, 0.1) is 22.5 Å². The number of nitrogens with one attached hydrogen (secondary N) is 1. The Morgan fingerprint density at radius 3 is 1.46 bits per heavy atom. The zero-order valence-corrected chi connectivity index (χ0v) is 43.5. The summed E-state index contributed by atoms with van der Waals surface area (Å²) in [6, 6.07) is 25.3. The van der Waals surface area contributed by atoms with Crippen molar-refractivity contribution in [1.82, 2.24) is 30.2 Å². The summed E-state index contributed by atoms with van der Waals surface area (Å²) in [5.74, 6) is -4.12. The van der Waals surface area contributed by atoms with Gasteiger partial charge in [-0.05, 0) is 145 Å². The van der Waals surface area contributed by atoms with Gasteiger partial charge in [-0.2, -0.15) is 0 Å². The molecular weight excluding hydrogens is 1020 g/mol. The molecule has 2 fully saturated rings. The molecule has 1 amide bonds. The number of hydrogen-bond donors (Lipinski definition) is 4. The first-order valence-electron chi connectivity index (χ1n) is 25.6. The number of carbonyl (C=O) groups is 4. The summed E-state index contributed by atoms with van der Waals surface area (Å²) >= 11 is 0. The number of piperidine rings is 2. The van der Waals surface area contributed by atoms with Crippen LogP contribution in [0.25, 0.3) is 56.6 Å². The number of aryl methyl sites for hydroxylation is 4. The molecule has 0 unspecified atom stereocenters. The predicted molar refractivity (Wildman–Crippen MR) is 294 cm³/mol. The van der Waals surface area contributed by atoms with Crippen molar-refractivity contribution in [2.24, 2.45) is 0 Å². The van der Waals surface area contributed by atoms with Gasteiger partial charge < -0.3 is 35.6 Å². The van der Waals surface area contributed by atoms with Crippen molar-refractivity contribution >= 4 is 69.2 Å². The number of nitrogens with two attached hydrogens (primary N) is 2. The number of allylic oxidation sites excluding steroid dienone is 2. The van der Waals surface area contributed by atoms with Crippen molar-refractivity contribution in [2.75, 3.05) is 37.6 Å². The molecule has 0 bridgehead atoms. The number of nitrogens with zero attached hydrogens (tertiary/aromatic N) is 5. The van der Waals surface area contributed by atoms with E-state index in [0.29, 0.717) is 73.1 Å². The molecule has 8 aromatic rings. The number of anilines is 2. The molecule has 6 N–H and O–H groups in total. The van der Waals surface area contributed by atoms with E-state index in [-0.39, 0.29) is 61.8 Å². The Balaban J connectivity index is 0.000000185. The predicted octanol–water partition coefficient (Wildman–Crippen LogP) is 11.6. The Bertz CT molecular complexity index is 3500. The van der Waals surface area contributed by atoms with Gasteiger partial charge >= 0.3 is 5.97 Å². The Morgan fingerprint density at radius 2 is 1.06 bits per heavy atom. The number of fused-ring (bicyclic) bond motifs is 2. The molecule has 6 aromatic heterocycles. The van der Waals surface area contributed by atoms with Crippen LogP contribution in [-0.2, 0) is 22.4 Å². The van der Waals surface area contributed by atoms with Gasteiger partial charge in [0.2, 0.25) is 0 Å². The van der Waals surface area contributed by atoms with Crippen molar-refractivity contribution in [3.8, 4) is 22.5 Å². The average molecular weight is 1080 g/mol. The van der Waals surface area contributed by atoms with E-state index in [4.69, 9.17) is 25.4 Å². The number of amides is 1. The molecule has 10 rings (SSSR count). The lowest BCUT2D eigenvalue weighted by atomic mass is 10.0. The first kappa shape index (κ1) is 56.4. The number of carbonyl (C=O) groups excluding carboxylic acids is 3. The first-order valence-corrected chi connectivity index (χ1v) is 25.6. The summed E-state index contributed by atoms with van der Waals surface area (Å²) in [7, 11) is 0. The molecule has 2 aliphatic heterocycles. The number of rotatable bonds is 14. The Hall–Kier alpha value is -8.84. The van der Waals surface area contributed by atoms with E-state index in [1.165, 1.54) is 35.5 Å². The molecule has 408 valence electrons. The number of furan rings is 2. The number of pyridine rings is 4. The minimum Gasteiger partial charge on any atom is -0.478 e. The fraction of sp³-hybridized carbons (Fsp3) is 0.267. The Morgan fingerprint density at radius 1 is 0.608 bits per heavy atom. The highest BCUT2D eigenvalue weighted by atomic mass is 19.3. The fourth-order valence-electron chi connectivity index (χ4n) is 8.77. The van der Waals surface area contributed by atoms with Crippen molar-refractivity contribution in [3.05, 3.63) is 167 Å². The number of aromatic carboxylic acids is 1. The second-order valence-electron chi connectivity index (χ2n) is 19.4. The third kappa shape index (κ3) is 15.7. The van der Waals surface area contributed by atoms with E-state index >= 15 is 0 Å². The monoisotopic (exact) mass is 1080 g/mol. The standard InChI is InChI=1S/C30H28F2N4O3.C25H21N3O4.C5H9F2N/c1-19-14-22(26-8-4-21(18-34-26)29(38)36-12-10-30(31,32)11-13-36)15-23-16-25(39-28(19)23)7-6-24(37)5-2-20-3-9-27(33)35-17-20;1-15-10-18(22-8-4-17(14-27-22)25(30)31)11-19-12-21(32-24(15)19)7-6-20(29)5-2-16-3-9-23(26)28-13-16;6-5(7)1-3-8-4-2-5/h2-5,8-9,14-18H,6-7,10-13H2,1H3,(H2,33,35);2-5,8-14H,6-7H2,1H3,(H2,26,28)(H,30,31);8H,1-4H2/b2*5-2+;. The Kier molecular flexibility index (Phi) is 17.9. The van der Waals surface area contributed by atoms with Crippen LogP contribution in [-0.4, -0.2) is 91.4 Å². The SMILES string of the molecule is Cc1cc(-c2ccc(C(=O)N3CCC(F)(F)CC3)cn2)cc2cc(CCC(=O)/C=C/c3ccc(N)nc3)oc12.Cc1cc(-c2ccc(C(=O)O)cn2)cc2cc(CCC(=O)/C=C/c3ccc(N)nc3)oc12.FC1(F)CCNCC1. The lowest BCUT2D eigenvalue weighted by molar-refractivity contribution is -0.115. The van der Waals surface area contributed by atoms with E-state index in [2.05, 4.69) is 25.3 Å². The van der Waals surface area contributed by atoms with Gasteiger partial charge in [0, 0.05) is 124 Å². The highest BCUT2D eigenvalue weighted by molar-refractivity contribution is 5.96. The molecule has 0 spiro atoms. The second kappa shape index (κ2) is 25.1. The third-order valence-corrected chi connectivity index (χ3v) is 13.2. The van der Waals surface area contributed by atoms with Gasteiger partial charge in [-0.1, -0.05) is 0 Å². The minimum atomic E-state index is -2.70. The summed E-state index contributed by atoms with van der Waals surface area (Å²) in [5, 5.41) is 13.7. The zero-order chi connectivity index (χ0) is 56.3. The van der Waals surface area contributed by atoms with E-state index in [9.17, 15) is 36.7 Å². The van der Waals surface area contributed by atoms with Crippen molar-refractivity contribution in [2.45, 2.75) is 77.1 Å². The molecule has 2 aromatic carbocycles. The maximum absolute atomic E-state index is 13.4. The summed E-state index contributed by atoms with van der Waals surface area (Å²) < 4.78 is 63.2. The molecule has 0 atom stereocenters. The number of halogens is 4. The molecule has 0 aliphatic carbocycles. The van der Waals surface area contributed by atoms with Crippen LogP contribution in [0.4, 0.5) is 29.2 Å². The molecule has 19 heteroatoms. The lowest BCUT2D eigenvalue weighted by Crippen LogP contribution is -2.42. The van der Waals surface area contributed by atoms with Crippen molar-refractivity contribution in [1.29, 1.82) is 0 Å². The molecule has 15 nitrogen and oxygen atoms in total. The third-order valence-electron chi connectivity index (χ3n) is 13.2. The number of nitrogen functional groups attached to an aromatic ring is 2. The molecule has 0 saturated carbocycles. The van der Waals surface area contributed by atoms with Gasteiger partial charge in [0.25, 0.3) is 17.8 Å². The number of benzene rings is 2. The van der Waals surface area contributed by atoms with Crippen molar-refractivity contribution in [3.63, 3.8) is 0 Å². The van der Waals surface area contributed by atoms with Crippen LogP contribution in [0, 0.1) is 13.8 Å². The van der Waals surface area contributed by atoms with Gasteiger partial charge in [-0.15, -0.1) is 0 Å². The molecule has 79 heavy (non-hydrogen) atoms. The lowest BCUT2D eigenvalue weighted by Gasteiger charge is -2.31. The second-order valence-corrected chi connectivity index (χ2v) is 19.4.